The molecule has 23 heavy (non-hydrogen) atoms. The Balaban J connectivity index is 2.97. The second kappa shape index (κ2) is 8.70. The van der Waals surface area contributed by atoms with Gasteiger partial charge in [-0.3, -0.25) is 9.59 Å². The highest BCUT2D eigenvalue weighted by Crippen LogP contribution is 2.31. The maximum absolute atomic E-state index is 12.6. The Kier molecular flexibility index (Phi) is 7.27. The highest BCUT2D eigenvalue weighted by atomic mass is 16.5. The minimum Gasteiger partial charge on any atom is -0.489 e. The third kappa shape index (κ3) is 4.57. The van der Waals surface area contributed by atoms with Crippen molar-refractivity contribution in [2.75, 3.05) is 14.2 Å². The average molecular weight is 320 g/mol. The van der Waals surface area contributed by atoms with Gasteiger partial charge in [-0.05, 0) is 46.0 Å². The van der Waals surface area contributed by atoms with Crippen molar-refractivity contribution in [3.63, 3.8) is 0 Å². The second-order valence-electron chi connectivity index (χ2n) is 6.17. The summed E-state index contributed by atoms with van der Waals surface area (Å²) in [4.78, 5) is 25.0. The first-order chi connectivity index (χ1) is 10.9. The fourth-order valence-corrected chi connectivity index (χ4v) is 2.78. The van der Waals surface area contributed by atoms with Gasteiger partial charge in [0.25, 0.3) is 0 Å². The van der Waals surface area contributed by atoms with E-state index in [0.29, 0.717) is 23.5 Å². The number of carbonyl (C=O) groups excluding carboxylic acids is 2. The van der Waals surface area contributed by atoms with Crippen molar-refractivity contribution in [3.05, 3.63) is 34.3 Å². The SMILES string of the molecule is CCC(CCC=C(C)C)CC1=C(C)C(=O)C(OC)=C(OC)C1=O. The summed E-state index contributed by atoms with van der Waals surface area (Å²) in [5, 5.41) is 0. The van der Waals surface area contributed by atoms with E-state index >= 15 is 0 Å². The van der Waals surface area contributed by atoms with Crippen LogP contribution in [0.1, 0.15) is 53.4 Å². The molecule has 0 radical (unpaired) electrons. The molecular weight excluding hydrogens is 292 g/mol. The Morgan fingerprint density at radius 3 is 2.13 bits per heavy atom. The molecule has 0 aromatic carbocycles. The first-order valence-corrected chi connectivity index (χ1v) is 8.12. The minimum absolute atomic E-state index is 0.0105. The molecule has 0 saturated heterocycles. The number of hydrogen-bond donors (Lipinski definition) is 0. The van der Waals surface area contributed by atoms with Crippen LogP contribution in [0, 0.1) is 5.92 Å². The van der Waals surface area contributed by atoms with E-state index in [2.05, 4.69) is 26.8 Å². The summed E-state index contributed by atoms with van der Waals surface area (Å²) in [5.74, 6) is -0.0664. The van der Waals surface area contributed by atoms with Crippen LogP contribution in [0.15, 0.2) is 34.3 Å². The van der Waals surface area contributed by atoms with Crippen molar-refractivity contribution in [3.8, 4) is 0 Å². The number of allylic oxidation sites excluding steroid dienone is 4. The van der Waals surface area contributed by atoms with Gasteiger partial charge >= 0.3 is 0 Å². The molecule has 0 saturated carbocycles. The zero-order chi connectivity index (χ0) is 17.6. The van der Waals surface area contributed by atoms with Gasteiger partial charge in [-0.2, -0.15) is 0 Å². The number of ether oxygens (including phenoxy) is 2. The van der Waals surface area contributed by atoms with E-state index in [-0.39, 0.29) is 23.1 Å². The van der Waals surface area contributed by atoms with Gasteiger partial charge in [0.1, 0.15) is 0 Å². The van der Waals surface area contributed by atoms with Crippen LogP contribution in [0.4, 0.5) is 0 Å². The Morgan fingerprint density at radius 1 is 1.09 bits per heavy atom. The fourth-order valence-electron chi connectivity index (χ4n) is 2.78. The number of rotatable bonds is 8. The summed E-state index contributed by atoms with van der Waals surface area (Å²) in [5.41, 5.74) is 2.35. The van der Waals surface area contributed by atoms with Gasteiger partial charge in [-0.25, -0.2) is 0 Å². The third-order valence-corrected chi connectivity index (χ3v) is 4.29. The number of hydrogen-bond acceptors (Lipinski definition) is 4. The predicted molar refractivity (Wildman–Crippen MR) is 90.8 cm³/mol. The van der Waals surface area contributed by atoms with Crippen LogP contribution in [0.5, 0.6) is 0 Å². The Morgan fingerprint density at radius 2 is 1.65 bits per heavy atom. The van der Waals surface area contributed by atoms with Crippen molar-refractivity contribution < 1.29 is 19.1 Å². The second-order valence-corrected chi connectivity index (χ2v) is 6.17. The van der Waals surface area contributed by atoms with Crippen molar-refractivity contribution >= 4 is 11.6 Å². The molecule has 4 nitrogen and oxygen atoms in total. The van der Waals surface area contributed by atoms with E-state index in [1.54, 1.807) is 6.92 Å². The zero-order valence-corrected chi connectivity index (χ0v) is 15.1. The van der Waals surface area contributed by atoms with Gasteiger partial charge < -0.3 is 9.47 Å². The molecule has 4 heteroatoms. The number of carbonyl (C=O) groups is 2. The smallest absolute Gasteiger partial charge is 0.228 e. The van der Waals surface area contributed by atoms with Crippen molar-refractivity contribution in [1.82, 2.24) is 0 Å². The molecule has 0 spiro atoms. The molecule has 0 aromatic heterocycles. The van der Waals surface area contributed by atoms with Gasteiger partial charge in [0.2, 0.25) is 23.1 Å². The topological polar surface area (TPSA) is 52.6 Å². The van der Waals surface area contributed by atoms with Gasteiger partial charge in [0.15, 0.2) is 0 Å². The fraction of sp³-hybridized carbons (Fsp3) is 0.579. The molecular formula is C19H28O4. The highest BCUT2D eigenvalue weighted by molar-refractivity contribution is 6.23. The van der Waals surface area contributed by atoms with Crippen LogP contribution in [-0.4, -0.2) is 25.8 Å². The molecule has 1 rings (SSSR count). The van der Waals surface area contributed by atoms with Gasteiger partial charge in [-0.15, -0.1) is 0 Å². The number of ketones is 2. The first kappa shape index (κ1) is 19.2. The molecule has 0 amide bonds. The van der Waals surface area contributed by atoms with E-state index in [1.807, 2.05) is 0 Å². The van der Waals surface area contributed by atoms with E-state index < -0.39 is 0 Å². The van der Waals surface area contributed by atoms with E-state index in [9.17, 15) is 9.59 Å². The molecule has 0 fully saturated rings. The molecule has 0 heterocycles. The van der Waals surface area contributed by atoms with Crippen LogP contribution in [0.3, 0.4) is 0 Å². The predicted octanol–water partition coefficient (Wildman–Crippen LogP) is 4.12. The van der Waals surface area contributed by atoms with Crippen molar-refractivity contribution in [2.24, 2.45) is 5.92 Å². The summed E-state index contributed by atoms with van der Waals surface area (Å²) in [6.45, 7) is 7.98. The standard InChI is InChI=1S/C19H28O4/c1-7-14(10-8-9-12(2)3)11-15-13(4)16(20)18(22-5)19(23-6)17(15)21/h9,14H,7-8,10-11H2,1-6H3. The average Bonchev–Trinajstić information content (AvgIpc) is 2.52. The van der Waals surface area contributed by atoms with Crippen LogP contribution in [-0.2, 0) is 19.1 Å². The lowest BCUT2D eigenvalue weighted by Crippen LogP contribution is -2.26. The summed E-state index contributed by atoms with van der Waals surface area (Å²) in [6, 6.07) is 0. The van der Waals surface area contributed by atoms with Crippen LogP contribution in [0.2, 0.25) is 0 Å². The molecule has 0 N–H and O–H groups in total. The third-order valence-electron chi connectivity index (χ3n) is 4.29. The normalized spacial score (nSPS) is 16.6. The summed E-state index contributed by atoms with van der Waals surface area (Å²) in [7, 11) is 2.77. The van der Waals surface area contributed by atoms with Crippen molar-refractivity contribution in [1.29, 1.82) is 0 Å². The maximum atomic E-state index is 12.6. The minimum atomic E-state index is -0.252. The Bertz CT molecular complexity index is 560. The lowest BCUT2D eigenvalue weighted by Gasteiger charge is -2.23. The zero-order valence-electron chi connectivity index (χ0n) is 15.1. The molecule has 1 unspecified atom stereocenters. The quantitative estimate of drug-likeness (QED) is 0.498. The molecule has 0 bridgehead atoms. The number of methoxy groups -OCH3 is 2. The molecule has 1 aliphatic carbocycles. The summed E-state index contributed by atoms with van der Waals surface area (Å²) < 4.78 is 10.2. The molecule has 1 aliphatic rings. The molecule has 1 atom stereocenters. The first-order valence-electron chi connectivity index (χ1n) is 8.12. The molecule has 0 aliphatic heterocycles. The van der Waals surface area contributed by atoms with Gasteiger partial charge in [0.05, 0.1) is 14.2 Å². The summed E-state index contributed by atoms with van der Waals surface area (Å²) in [6.07, 6.45) is 5.78. The van der Waals surface area contributed by atoms with Crippen molar-refractivity contribution in [2.45, 2.75) is 53.4 Å². The molecule has 0 aromatic rings. The number of Topliss-reactive ketones (excluding diaryl/α,β-unsaturated/α-hetero) is 2. The van der Waals surface area contributed by atoms with Gasteiger partial charge in [-0.1, -0.05) is 25.0 Å². The van der Waals surface area contributed by atoms with Crippen LogP contribution >= 0.6 is 0 Å². The lowest BCUT2D eigenvalue weighted by atomic mass is 9.84. The monoisotopic (exact) mass is 320 g/mol. The Labute approximate surface area is 139 Å². The largest absolute Gasteiger partial charge is 0.489 e. The van der Waals surface area contributed by atoms with E-state index in [0.717, 1.165) is 19.3 Å². The molecule has 128 valence electrons. The van der Waals surface area contributed by atoms with E-state index in [1.165, 1.54) is 19.8 Å². The van der Waals surface area contributed by atoms with E-state index in [4.69, 9.17) is 9.47 Å². The van der Waals surface area contributed by atoms with Gasteiger partial charge in [0, 0.05) is 11.1 Å². The highest BCUT2D eigenvalue weighted by Gasteiger charge is 2.35. The summed E-state index contributed by atoms with van der Waals surface area (Å²) >= 11 is 0. The van der Waals surface area contributed by atoms with Crippen LogP contribution < -0.4 is 0 Å². The maximum Gasteiger partial charge on any atom is 0.228 e. The lowest BCUT2D eigenvalue weighted by molar-refractivity contribution is -0.121. The van der Waals surface area contributed by atoms with Crippen LogP contribution in [0.25, 0.3) is 0 Å². The Hall–Kier alpha value is -1.84.